The van der Waals surface area contributed by atoms with Crippen LogP contribution in [0.25, 0.3) is 10.9 Å². The van der Waals surface area contributed by atoms with E-state index in [1.54, 1.807) is 7.11 Å². The van der Waals surface area contributed by atoms with E-state index in [0.717, 1.165) is 56.4 Å². The third-order valence-corrected chi connectivity index (χ3v) is 7.81. The van der Waals surface area contributed by atoms with E-state index in [1.165, 1.54) is 12.1 Å². The monoisotopic (exact) mass is 688 g/mol. The number of H-pyrrole nitrogens is 1. The van der Waals surface area contributed by atoms with Gasteiger partial charge in [-0.3, -0.25) is 24.4 Å². The second-order valence-electron chi connectivity index (χ2n) is 11.1. The van der Waals surface area contributed by atoms with E-state index in [-0.39, 0.29) is 35.5 Å². The van der Waals surface area contributed by atoms with Gasteiger partial charge in [0, 0.05) is 50.4 Å². The molecule has 3 heterocycles. The second kappa shape index (κ2) is 15.7. The third-order valence-electron chi connectivity index (χ3n) is 7.81. The van der Waals surface area contributed by atoms with Gasteiger partial charge in [-0.15, -0.1) is 0 Å². The molecule has 0 unspecified atom stereocenters. The van der Waals surface area contributed by atoms with Crippen LogP contribution in [-0.2, 0) is 31.4 Å². The van der Waals surface area contributed by atoms with Gasteiger partial charge < -0.3 is 30.5 Å². The van der Waals surface area contributed by atoms with Gasteiger partial charge in [-0.05, 0) is 49.2 Å². The Kier molecular flexibility index (Phi) is 11.9. The average Bonchev–Trinajstić information content (AvgIpc) is 3.66. The van der Waals surface area contributed by atoms with Gasteiger partial charge in [-0.2, -0.15) is 31.4 Å². The summed E-state index contributed by atoms with van der Waals surface area (Å²) in [5.41, 5.74) is -1.48. The molecule has 48 heavy (non-hydrogen) atoms. The number of carbonyl (C=O) groups is 3. The number of rotatable bonds is 9. The lowest BCUT2D eigenvalue weighted by atomic mass is 10.1. The SMILES string of the molecule is CO[C@@H]1CN(C2CCOCC2)C[C@H]1NC(=O)CNC(=O)c1cccc(C(F)(F)F)c1.O=C(O)CNc1n[nH]c2ccc(C(F)(F)F)cc12. The lowest BCUT2D eigenvalue weighted by molar-refractivity contribution is -0.138. The highest BCUT2D eigenvalue weighted by atomic mass is 19.4. The number of fused-ring (bicyclic) bond motifs is 1. The van der Waals surface area contributed by atoms with E-state index in [1.807, 2.05) is 0 Å². The molecule has 5 rings (SSSR count). The third kappa shape index (κ3) is 9.80. The van der Waals surface area contributed by atoms with Gasteiger partial charge in [-0.1, -0.05) is 6.07 Å². The molecule has 0 radical (unpaired) electrons. The van der Waals surface area contributed by atoms with Gasteiger partial charge in [0.2, 0.25) is 5.91 Å². The van der Waals surface area contributed by atoms with Gasteiger partial charge in [0.15, 0.2) is 5.82 Å². The Labute approximate surface area is 270 Å². The molecule has 1 aromatic heterocycles. The van der Waals surface area contributed by atoms with Gasteiger partial charge in [0.25, 0.3) is 5.91 Å². The number of alkyl halides is 6. The summed E-state index contributed by atoms with van der Waals surface area (Å²) < 4.78 is 86.8. The Morgan fingerprint density at radius 3 is 2.33 bits per heavy atom. The van der Waals surface area contributed by atoms with Crippen molar-refractivity contribution in [2.75, 3.05) is 51.8 Å². The van der Waals surface area contributed by atoms with Gasteiger partial charge in [-0.25, -0.2) is 0 Å². The molecule has 2 aliphatic heterocycles. The number of carboxylic acids is 1. The number of methoxy groups -OCH3 is 1. The minimum atomic E-state index is -4.54. The van der Waals surface area contributed by atoms with Crippen LogP contribution in [0.2, 0.25) is 0 Å². The van der Waals surface area contributed by atoms with E-state index in [9.17, 15) is 40.7 Å². The summed E-state index contributed by atoms with van der Waals surface area (Å²) >= 11 is 0. The summed E-state index contributed by atoms with van der Waals surface area (Å²) in [6.45, 7) is 2.02. The number of amides is 2. The smallest absolute Gasteiger partial charge is 0.416 e. The largest absolute Gasteiger partial charge is 0.480 e. The number of nitrogens with one attached hydrogen (secondary N) is 4. The number of likely N-dealkylation sites (tertiary alicyclic amines) is 1. The van der Waals surface area contributed by atoms with Crippen LogP contribution < -0.4 is 16.0 Å². The molecule has 0 spiro atoms. The van der Waals surface area contributed by atoms with Gasteiger partial charge in [0.1, 0.15) is 6.54 Å². The summed E-state index contributed by atoms with van der Waals surface area (Å²) in [6.07, 6.45) is -7.29. The summed E-state index contributed by atoms with van der Waals surface area (Å²) in [6, 6.07) is 7.34. The van der Waals surface area contributed by atoms with Crippen molar-refractivity contribution < 1.29 is 55.3 Å². The van der Waals surface area contributed by atoms with Gasteiger partial charge in [0.05, 0.1) is 35.3 Å². The Morgan fingerprint density at radius 2 is 1.69 bits per heavy atom. The van der Waals surface area contributed by atoms with Crippen LogP contribution in [0, 0.1) is 0 Å². The predicted molar refractivity (Wildman–Crippen MR) is 159 cm³/mol. The van der Waals surface area contributed by atoms with E-state index < -0.39 is 47.8 Å². The Balaban J connectivity index is 0.000000246. The molecule has 5 N–H and O–H groups in total. The fourth-order valence-electron chi connectivity index (χ4n) is 5.37. The first-order valence-corrected chi connectivity index (χ1v) is 14.8. The highest BCUT2D eigenvalue weighted by molar-refractivity contribution is 5.96. The number of ether oxygens (including phenoxy) is 2. The van der Waals surface area contributed by atoms with Crippen LogP contribution in [0.3, 0.4) is 0 Å². The highest BCUT2D eigenvalue weighted by Crippen LogP contribution is 2.33. The Hall–Kier alpha value is -4.42. The zero-order valence-electron chi connectivity index (χ0n) is 25.6. The standard InChI is InChI=1S/C20H26F3N3O4.C10H8F3N3O2/c1-29-17-12-26(15-5-7-30-8-6-15)11-16(17)25-18(27)10-24-19(28)13-3-2-4-14(9-13)20(21,22)23;11-10(12,13)5-1-2-7-6(3-5)9(16-15-7)14-4-8(17)18/h2-4,9,15-17H,5-8,10-12H2,1H3,(H,24,28)(H,25,27);1-3H,4H2,(H,17,18)(H2,14,15,16)/t16-,17-;/m1./s1. The molecule has 262 valence electrons. The van der Waals surface area contributed by atoms with Crippen molar-refractivity contribution in [1.29, 1.82) is 0 Å². The molecule has 2 aromatic carbocycles. The summed E-state index contributed by atoms with van der Waals surface area (Å²) in [7, 11) is 1.59. The molecular weight excluding hydrogens is 654 g/mol. The van der Waals surface area contributed by atoms with Crippen molar-refractivity contribution >= 4 is 34.5 Å². The molecule has 2 amide bonds. The summed E-state index contributed by atoms with van der Waals surface area (Å²) in [5, 5.41) is 22.6. The molecule has 2 atom stereocenters. The highest BCUT2D eigenvalue weighted by Gasteiger charge is 2.38. The summed E-state index contributed by atoms with van der Waals surface area (Å²) in [5.74, 6) is -2.21. The van der Waals surface area contributed by atoms with E-state index >= 15 is 0 Å². The van der Waals surface area contributed by atoms with Gasteiger partial charge >= 0.3 is 18.3 Å². The van der Waals surface area contributed by atoms with Crippen molar-refractivity contribution in [1.82, 2.24) is 25.7 Å². The molecular formula is C30H34F6N6O6. The van der Waals surface area contributed by atoms with Crippen molar-refractivity contribution in [3.8, 4) is 0 Å². The molecule has 3 aromatic rings. The predicted octanol–water partition coefficient (Wildman–Crippen LogP) is 3.51. The van der Waals surface area contributed by atoms with Crippen molar-refractivity contribution in [2.24, 2.45) is 0 Å². The quantitative estimate of drug-likeness (QED) is 0.212. The first kappa shape index (κ1) is 36.4. The molecule has 2 fully saturated rings. The molecule has 0 bridgehead atoms. The number of carboxylic acid groups (broad SMARTS) is 1. The molecule has 0 aliphatic carbocycles. The number of aliphatic carboxylic acids is 1. The minimum absolute atomic E-state index is 0.0819. The van der Waals surface area contributed by atoms with E-state index in [4.69, 9.17) is 14.6 Å². The van der Waals surface area contributed by atoms with Crippen LogP contribution in [0.15, 0.2) is 42.5 Å². The normalized spacial score (nSPS) is 19.0. The van der Waals surface area contributed by atoms with E-state index in [0.29, 0.717) is 24.6 Å². The van der Waals surface area contributed by atoms with E-state index in [2.05, 4.69) is 31.0 Å². The first-order chi connectivity index (χ1) is 22.7. The zero-order chi connectivity index (χ0) is 35.1. The maximum atomic E-state index is 12.8. The molecule has 18 heteroatoms. The minimum Gasteiger partial charge on any atom is -0.480 e. The Bertz CT molecular complexity index is 1580. The van der Waals surface area contributed by atoms with Crippen LogP contribution in [0.5, 0.6) is 0 Å². The Morgan fingerprint density at radius 1 is 1.00 bits per heavy atom. The fourth-order valence-corrected chi connectivity index (χ4v) is 5.37. The number of carbonyl (C=O) groups excluding carboxylic acids is 2. The zero-order valence-corrected chi connectivity index (χ0v) is 25.6. The number of hydrogen-bond donors (Lipinski definition) is 5. The maximum absolute atomic E-state index is 12.8. The average molecular weight is 689 g/mol. The fraction of sp³-hybridized carbons (Fsp3) is 0.467. The van der Waals surface area contributed by atoms with Crippen LogP contribution in [-0.4, -0.2) is 103 Å². The first-order valence-electron chi connectivity index (χ1n) is 14.8. The molecule has 0 saturated carbocycles. The number of aromatic amines is 1. The molecule has 2 aliphatic rings. The number of anilines is 1. The lowest BCUT2D eigenvalue weighted by Gasteiger charge is -2.30. The molecule has 2 saturated heterocycles. The lowest BCUT2D eigenvalue weighted by Crippen LogP contribution is -2.47. The van der Waals surface area contributed by atoms with Crippen molar-refractivity contribution in [3.63, 3.8) is 0 Å². The summed E-state index contributed by atoms with van der Waals surface area (Å²) in [4.78, 5) is 37.1. The van der Waals surface area contributed by atoms with Crippen molar-refractivity contribution in [3.05, 3.63) is 59.2 Å². The number of halogens is 6. The van der Waals surface area contributed by atoms with Crippen LogP contribution in [0.1, 0.15) is 34.3 Å². The van der Waals surface area contributed by atoms with Crippen LogP contribution in [0.4, 0.5) is 32.2 Å². The number of hydrogen-bond acceptors (Lipinski definition) is 8. The van der Waals surface area contributed by atoms with Crippen LogP contribution >= 0.6 is 0 Å². The van der Waals surface area contributed by atoms with Crippen molar-refractivity contribution in [2.45, 2.75) is 43.4 Å². The topological polar surface area (TPSA) is 158 Å². The number of nitrogens with zero attached hydrogens (tertiary/aromatic N) is 2. The number of aromatic nitrogens is 2. The number of benzene rings is 2. The molecule has 12 nitrogen and oxygen atoms in total. The second-order valence-corrected chi connectivity index (χ2v) is 11.1. The maximum Gasteiger partial charge on any atom is 0.416 e.